The molecular weight excluding hydrogens is 202 g/mol. The number of hydrogen-bond donors (Lipinski definition) is 1. The fourth-order valence-electron chi connectivity index (χ4n) is 0.994. The van der Waals surface area contributed by atoms with E-state index in [9.17, 15) is 17.6 Å². The van der Waals surface area contributed by atoms with Crippen molar-refractivity contribution >= 4 is 0 Å². The van der Waals surface area contributed by atoms with Crippen molar-refractivity contribution in [3.63, 3.8) is 0 Å². The van der Waals surface area contributed by atoms with E-state index in [0.717, 1.165) is 12.1 Å². The molecule has 0 saturated heterocycles. The Morgan fingerprint density at radius 1 is 1.21 bits per heavy atom. The maximum Gasteiger partial charge on any atom is 0.416 e. The van der Waals surface area contributed by atoms with E-state index in [4.69, 9.17) is 0 Å². The molecule has 0 atom stereocenters. The van der Waals surface area contributed by atoms with Crippen LogP contribution in [0.1, 0.15) is 11.1 Å². The molecule has 1 rings (SSSR count). The third-order valence-corrected chi connectivity index (χ3v) is 1.53. The van der Waals surface area contributed by atoms with Gasteiger partial charge in [-0.1, -0.05) is 0 Å². The molecule has 0 aliphatic carbocycles. The number of halogens is 4. The molecule has 2 N–H and O–H groups in total. The summed E-state index contributed by atoms with van der Waals surface area (Å²) in [6, 6.07) is 2.14. The number of hydrogen-bond acceptors (Lipinski definition) is 2. The van der Waals surface area contributed by atoms with Crippen molar-refractivity contribution in [3.05, 3.63) is 35.1 Å². The Bertz CT molecular complexity index is 324. The van der Waals surface area contributed by atoms with Crippen LogP contribution in [0.2, 0.25) is 0 Å². The first-order chi connectivity index (χ1) is 6.43. The average molecular weight is 209 g/mol. The van der Waals surface area contributed by atoms with Gasteiger partial charge in [-0.05, 0) is 23.8 Å². The third-order valence-electron chi connectivity index (χ3n) is 1.53. The molecule has 1 aromatic carbocycles. The van der Waals surface area contributed by atoms with Crippen molar-refractivity contribution in [2.75, 3.05) is 0 Å². The highest BCUT2D eigenvalue weighted by molar-refractivity contribution is 5.26. The van der Waals surface area contributed by atoms with Crippen LogP contribution >= 0.6 is 0 Å². The molecule has 0 unspecified atom stereocenters. The van der Waals surface area contributed by atoms with Gasteiger partial charge in [0.2, 0.25) is 0 Å². The number of benzene rings is 1. The van der Waals surface area contributed by atoms with Crippen LogP contribution in [0.15, 0.2) is 18.2 Å². The first-order valence-corrected chi connectivity index (χ1v) is 3.62. The number of rotatable bonds is 2. The standard InChI is InChI=1S/C8H7F4NO/c9-7-2-5(4-14-13)1-6(3-7)8(10,11)12/h1-3H,4,13H2. The van der Waals surface area contributed by atoms with Crippen molar-refractivity contribution in [2.24, 2.45) is 5.90 Å². The normalized spacial score (nSPS) is 11.8. The van der Waals surface area contributed by atoms with Gasteiger partial charge in [-0.25, -0.2) is 10.3 Å². The Morgan fingerprint density at radius 3 is 2.36 bits per heavy atom. The smallest absolute Gasteiger partial charge is 0.300 e. The molecule has 0 fully saturated rings. The molecule has 0 aliphatic rings. The van der Waals surface area contributed by atoms with Gasteiger partial charge in [-0.2, -0.15) is 13.2 Å². The Balaban J connectivity index is 3.07. The van der Waals surface area contributed by atoms with E-state index in [-0.39, 0.29) is 12.2 Å². The Kier molecular flexibility index (Phi) is 3.07. The average Bonchev–Trinajstić information content (AvgIpc) is 2.02. The summed E-state index contributed by atoms with van der Waals surface area (Å²) in [6.45, 7) is -0.263. The van der Waals surface area contributed by atoms with Crippen molar-refractivity contribution in [1.82, 2.24) is 0 Å². The van der Waals surface area contributed by atoms with Crippen molar-refractivity contribution in [2.45, 2.75) is 12.8 Å². The summed E-state index contributed by atoms with van der Waals surface area (Å²) in [6.07, 6.45) is -4.56. The van der Waals surface area contributed by atoms with Gasteiger partial charge in [-0.3, -0.25) is 4.84 Å². The van der Waals surface area contributed by atoms with Crippen molar-refractivity contribution in [3.8, 4) is 0 Å². The van der Waals surface area contributed by atoms with Gasteiger partial charge in [0.05, 0.1) is 12.2 Å². The molecule has 0 aromatic heterocycles. The second-order valence-corrected chi connectivity index (χ2v) is 2.66. The maximum absolute atomic E-state index is 12.7. The summed E-state index contributed by atoms with van der Waals surface area (Å²) in [4.78, 5) is 4.12. The molecule has 14 heavy (non-hydrogen) atoms. The van der Waals surface area contributed by atoms with Crippen molar-refractivity contribution in [1.29, 1.82) is 0 Å². The van der Waals surface area contributed by atoms with Gasteiger partial charge >= 0.3 is 6.18 Å². The van der Waals surface area contributed by atoms with E-state index in [1.165, 1.54) is 0 Å². The molecule has 1 aromatic rings. The molecule has 0 spiro atoms. The fourth-order valence-corrected chi connectivity index (χ4v) is 0.994. The first-order valence-electron chi connectivity index (χ1n) is 3.62. The van der Waals surface area contributed by atoms with Gasteiger partial charge in [0, 0.05) is 0 Å². The minimum Gasteiger partial charge on any atom is -0.300 e. The minimum absolute atomic E-state index is 0.0415. The molecule has 0 amide bonds. The highest BCUT2D eigenvalue weighted by Gasteiger charge is 2.31. The van der Waals surface area contributed by atoms with E-state index in [2.05, 4.69) is 10.7 Å². The van der Waals surface area contributed by atoms with Crippen LogP contribution in [-0.2, 0) is 17.6 Å². The molecule has 78 valence electrons. The van der Waals surface area contributed by atoms with Gasteiger partial charge in [-0.15, -0.1) is 0 Å². The molecular formula is C8H7F4NO. The highest BCUT2D eigenvalue weighted by atomic mass is 19.4. The molecule has 0 saturated carbocycles. The monoisotopic (exact) mass is 209 g/mol. The lowest BCUT2D eigenvalue weighted by molar-refractivity contribution is -0.137. The molecule has 0 heterocycles. The summed E-state index contributed by atoms with van der Waals surface area (Å²) in [5.74, 6) is 3.70. The minimum atomic E-state index is -4.56. The predicted molar refractivity (Wildman–Crippen MR) is 40.4 cm³/mol. The molecule has 6 heteroatoms. The lowest BCUT2D eigenvalue weighted by atomic mass is 10.1. The van der Waals surface area contributed by atoms with Gasteiger partial charge in [0.25, 0.3) is 0 Å². The van der Waals surface area contributed by atoms with Crippen LogP contribution in [0.5, 0.6) is 0 Å². The van der Waals surface area contributed by atoms with E-state index in [0.29, 0.717) is 6.07 Å². The van der Waals surface area contributed by atoms with Gasteiger partial charge < -0.3 is 0 Å². The highest BCUT2D eigenvalue weighted by Crippen LogP contribution is 2.30. The van der Waals surface area contributed by atoms with Crippen LogP contribution in [-0.4, -0.2) is 0 Å². The summed E-state index contributed by atoms with van der Waals surface area (Å²) in [7, 11) is 0. The lowest BCUT2D eigenvalue weighted by Gasteiger charge is -2.08. The lowest BCUT2D eigenvalue weighted by Crippen LogP contribution is -2.07. The zero-order valence-corrected chi connectivity index (χ0v) is 6.94. The predicted octanol–water partition coefficient (Wildman–Crippen LogP) is 2.23. The molecule has 0 bridgehead atoms. The second kappa shape index (κ2) is 3.93. The number of alkyl halides is 3. The van der Waals surface area contributed by atoms with E-state index in [1.54, 1.807) is 0 Å². The van der Waals surface area contributed by atoms with Crippen LogP contribution in [0.4, 0.5) is 17.6 Å². The summed E-state index contributed by atoms with van der Waals surface area (Å²) < 4.78 is 49.1. The van der Waals surface area contributed by atoms with Gasteiger partial charge in [0.15, 0.2) is 0 Å². The molecule has 2 nitrogen and oxygen atoms in total. The van der Waals surface area contributed by atoms with Crippen molar-refractivity contribution < 1.29 is 22.4 Å². The van der Waals surface area contributed by atoms with Gasteiger partial charge in [0.1, 0.15) is 5.82 Å². The third kappa shape index (κ3) is 2.68. The quantitative estimate of drug-likeness (QED) is 0.598. The SMILES string of the molecule is NOCc1cc(F)cc(C(F)(F)F)c1. The van der Waals surface area contributed by atoms with E-state index < -0.39 is 17.6 Å². The molecule has 0 aliphatic heterocycles. The second-order valence-electron chi connectivity index (χ2n) is 2.66. The zero-order valence-electron chi connectivity index (χ0n) is 6.94. The molecule has 0 radical (unpaired) electrons. The van der Waals surface area contributed by atoms with Crippen LogP contribution in [0.3, 0.4) is 0 Å². The van der Waals surface area contributed by atoms with E-state index >= 15 is 0 Å². The summed E-state index contributed by atoms with van der Waals surface area (Å²) in [5, 5.41) is 0. The zero-order chi connectivity index (χ0) is 10.8. The Labute approximate surface area is 77.2 Å². The fraction of sp³-hybridized carbons (Fsp3) is 0.250. The Morgan fingerprint density at radius 2 is 1.86 bits per heavy atom. The summed E-state index contributed by atoms with van der Waals surface area (Å²) >= 11 is 0. The largest absolute Gasteiger partial charge is 0.416 e. The summed E-state index contributed by atoms with van der Waals surface area (Å²) in [5.41, 5.74) is -1.01. The topological polar surface area (TPSA) is 35.2 Å². The number of nitrogens with two attached hydrogens (primary N) is 1. The Hall–Kier alpha value is -1.14. The van der Waals surface area contributed by atoms with Crippen LogP contribution in [0, 0.1) is 5.82 Å². The van der Waals surface area contributed by atoms with Crippen LogP contribution in [0.25, 0.3) is 0 Å². The van der Waals surface area contributed by atoms with E-state index in [1.807, 2.05) is 0 Å². The first kappa shape index (κ1) is 10.9. The maximum atomic E-state index is 12.7. The van der Waals surface area contributed by atoms with Crippen LogP contribution < -0.4 is 5.90 Å².